The fraction of sp³-hybridized carbons (Fsp3) is 0.500. The Hall–Kier alpha value is -1.88. The van der Waals surface area contributed by atoms with Crippen molar-refractivity contribution in [2.75, 3.05) is 6.61 Å². The number of H-pyrrole nitrogens is 1. The summed E-state index contributed by atoms with van der Waals surface area (Å²) < 4.78 is 0. The van der Waals surface area contributed by atoms with E-state index in [2.05, 4.69) is 15.3 Å². The molecule has 0 unspecified atom stereocenters. The highest BCUT2D eigenvalue weighted by Crippen LogP contribution is 2.15. The molecular formula is C16H23N3O2. The second kappa shape index (κ2) is 6.72. The van der Waals surface area contributed by atoms with Gasteiger partial charge in [-0.25, -0.2) is 4.98 Å². The van der Waals surface area contributed by atoms with Crippen LogP contribution in [0, 0.1) is 0 Å². The number of benzene rings is 1. The van der Waals surface area contributed by atoms with E-state index in [1.165, 1.54) is 0 Å². The number of fused-ring (bicyclic) bond motifs is 1. The average Bonchev–Trinajstić information content (AvgIpc) is 2.94. The first-order valence-electron chi connectivity index (χ1n) is 7.48. The maximum absolute atomic E-state index is 12.1. The minimum atomic E-state index is -0.495. The monoisotopic (exact) mass is 289 g/mol. The molecule has 2 aromatic rings. The lowest BCUT2D eigenvalue weighted by molar-refractivity contribution is -0.123. The number of imidazole rings is 1. The van der Waals surface area contributed by atoms with E-state index < -0.39 is 5.54 Å². The van der Waals surface area contributed by atoms with E-state index in [-0.39, 0.29) is 12.5 Å². The summed E-state index contributed by atoms with van der Waals surface area (Å²) in [5, 5.41) is 12.4. The van der Waals surface area contributed by atoms with Gasteiger partial charge in [-0.05, 0) is 25.0 Å². The third-order valence-corrected chi connectivity index (χ3v) is 4.09. The third-order valence-electron chi connectivity index (χ3n) is 4.09. The highest BCUT2D eigenvalue weighted by Gasteiger charge is 2.26. The first-order valence-corrected chi connectivity index (χ1v) is 7.48. The van der Waals surface area contributed by atoms with Gasteiger partial charge in [0.25, 0.3) is 0 Å². The number of aryl methyl sites for hydroxylation is 1. The molecule has 3 N–H and O–H groups in total. The highest BCUT2D eigenvalue weighted by atomic mass is 16.3. The summed E-state index contributed by atoms with van der Waals surface area (Å²) in [7, 11) is 0. The molecule has 0 saturated carbocycles. The number of para-hydroxylation sites is 2. The molecular weight excluding hydrogens is 266 g/mol. The van der Waals surface area contributed by atoms with Crippen LogP contribution in [-0.4, -0.2) is 33.1 Å². The van der Waals surface area contributed by atoms with Crippen molar-refractivity contribution in [1.29, 1.82) is 0 Å². The molecule has 1 heterocycles. The molecule has 5 nitrogen and oxygen atoms in total. The summed E-state index contributed by atoms with van der Waals surface area (Å²) in [6, 6.07) is 7.81. The lowest BCUT2D eigenvalue weighted by Gasteiger charge is -2.30. The molecule has 1 aromatic heterocycles. The smallest absolute Gasteiger partial charge is 0.220 e. The number of aromatic nitrogens is 2. The number of nitrogens with zero attached hydrogens (tertiary/aromatic N) is 1. The lowest BCUT2D eigenvalue weighted by atomic mass is 9.93. The largest absolute Gasteiger partial charge is 0.394 e. The van der Waals surface area contributed by atoms with Crippen molar-refractivity contribution < 1.29 is 9.90 Å². The van der Waals surface area contributed by atoms with Gasteiger partial charge in [0.05, 0.1) is 23.2 Å². The van der Waals surface area contributed by atoms with Crippen LogP contribution in [0.1, 0.15) is 38.9 Å². The molecule has 0 aliphatic heterocycles. The molecule has 5 heteroatoms. The van der Waals surface area contributed by atoms with Gasteiger partial charge in [-0.15, -0.1) is 0 Å². The SMILES string of the molecule is CCC(CC)(CO)NC(=O)CCc1nc2ccccc2[nH]1. The zero-order chi connectivity index (χ0) is 15.3. The minimum Gasteiger partial charge on any atom is -0.394 e. The lowest BCUT2D eigenvalue weighted by Crippen LogP contribution is -2.50. The maximum atomic E-state index is 12.1. The Bertz CT molecular complexity index is 561. The Morgan fingerprint density at radius 1 is 1.33 bits per heavy atom. The number of carbonyl (C=O) groups excluding carboxylic acids is 1. The Balaban J connectivity index is 1.94. The van der Waals surface area contributed by atoms with E-state index in [0.29, 0.717) is 12.8 Å². The Morgan fingerprint density at radius 3 is 2.67 bits per heavy atom. The number of amides is 1. The van der Waals surface area contributed by atoms with Crippen molar-refractivity contribution in [2.24, 2.45) is 0 Å². The van der Waals surface area contributed by atoms with Gasteiger partial charge >= 0.3 is 0 Å². The fourth-order valence-electron chi connectivity index (χ4n) is 2.40. The minimum absolute atomic E-state index is 0.0314. The van der Waals surface area contributed by atoms with Gasteiger partial charge in [-0.2, -0.15) is 0 Å². The molecule has 0 bridgehead atoms. The van der Waals surface area contributed by atoms with Gasteiger partial charge in [0.1, 0.15) is 5.82 Å². The molecule has 0 atom stereocenters. The topological polar surface area (TPSA) is 78.0 Å². The zero-order valence-electron chi connectivity index (χ0n) is 12.6. The summed E-state index contributed by atoms with van der Waals surface area (Å²) in [6.07, 6.45) is 2.36. The van der Waals surface area contributed by atoms with E-state index in [4.69, 9.17) is 0 Å². The second-order valence-corrected chi connectivity index (χ2v) is 5.39. The molecule has 0 aliphatic carbocycles. The quantitative estimate of drug-likeness (QED) is 0.731. The van der Waals surface area contributed by atoms with Crippen molar-refractivity contribution >= 4 is 16.9 Å². The molecule has 0 spiro atoms. The number of aliphatic hydroxyl groups excluding tert-OH is 1. The van der Waals surface area contributed by atoms with Crippen LogP contribution in [0.15, 0.2) is 24.3 Å². The molecule has 114 valence electrons. The van der Waals surface area contributed by atoms with Crippen molar-refractivity contribution in [2.45, 2.75) is 45.1 Å². The number of aliphatic hydroxyl groups is 1. The number of carbonyl (C=O) groups is 1. The molecule has 1 amide bonds. The molecule has 0 radical (unpaired) electrons. The van der Waals surface area contributed by atoms with Crippen LogP contribution in [0.25, 0.3) is 11.0 Å². The molecule has 2 rings (SSSR count). The molecule has 21 heavy (non-hydrogen) atoms. The number of aromatic amines is 1. The number of hydrogen-bond acceptors (Lipinski definition) is 3. The van der Waals surface area contributed by atoms with Gasteiger partial charge in [-0.3, -0.25) is 4.79 Å². The number of nitrogens with one attached hydrogen (secondary N) is 2. The van der Waals surface area contributed by atoms with Gasteiger partial charge in [0.15, 0.2) is 0 Å². The van der Waals surface area contributed by atoms with E-state index in [0.717, 1.165) is 29.7 Å². The van der Waals surface area contributed by atoms with Crippen molar-refractivity contribution in [1.82, 2.24) is 15.3 Å². The second-order valence-electron chi connectivity index (χ2n) is 5.39. The van der Waals surface area contributed by atoms with Gasteiger partial charge in [0, 0.05) is 12.8 Å². The van der Waals surface area contributed by atoms with E-state index in [1.807, 2.05) is 38.1 Å². The maximum Gasteiger partial charge on any atom is 0.220 e. The van der Waals surface area contributed by atoms with E-state index >= 15 is 0 Å². The Kier molecular flexibility index (Phi) is 4.96. The Morgan fingerprint density at radius 2 is 2.05 bits per heavy atom. The highest BCUT2D eigenvalue weighted by molar-refractivity contribution is 5.77. The van der Waals surface area contributed by atoms with Crippen LogP contribution in [0.3, 0.4) is 0 Å². The molecule has 1 aromatic carbocycles. The fourth-order valence-corrected chi connectivity index (χ4v) is 2.40. The van der Waals surface area contributed by atoms with E-state index in [9.17, 15) is 9.90 Å². The van der Waals surface area contributed by atoms with Gasteiger partial charge in [0.2, 0.25) is 5.91 Å². The normalized spacial score (nSPS) is 11.8. The van der Waals surface area contributed by atoms with Crippen LogP contribution in [0.5, 0.6) is 0 Å². The predicted octanol–water partition coefficient (Wildman–Crippen LogP) is 2.16. The van der Waals surface area contributed by atoms with Crippen LogP contribution < -0.4 is 5.32 Å². The summed E-state index contributed by atoms with van der Waals surface area (Å²) in [6.45, 7) is 3.91. The first-order chi connectivity index (χ1) is 10.1. The van der Waals surface area contributed by atoms with Crippen LogP contribution >= 0.6 is 0 Å². The van der Waals surface area contributed by atoms with Crippen molar-refractivity contribution in [3.63, 3.8) is 0 Å². The van der Waals surface area contributed by atoms with Crippen molar-refractivity contribution in [3.8, 4) is 0 Å². The first kappa shape index (κ1) is 15.5. The van der Waals surface area contributed by atoms with Gasteiger partial charge in [-0.1, -0.05) is 26.0 Å². The molecule has 0 aliphatic rings. The number of hydrogen-bond donors (Lipinski definition) is 3. The molecule has 0 fully saturated rings. The Labute approximate surface area is 124 Å². The molecule has 0 saturated heterocycles. The summed E-state index contributed by atoms with van der Waals surface area (Å²) in [5.74, 6) is 0.766. The zero-order valence-corrected chi connectivity index (χ0v) is 12.6. The third kappa shape index (κ3) is 3.61. The van der Waals surface area contributed by atoms with Crippen LogP contribution in [-0.2, 0) is 11.2 Å². The predicted molar refractivity (Wildman–Crippen MR) is 83.0 cm³/mol. The standard InChI is InChI=1S/C16H23N3O2/c1-3-16(4-2,11-20)19-15(21)10-9-14-17-12-7-5-6-8-13(12)18-14/h5-8,20H,3-4,9-11H2,1-2H3,(H,17,18)(H,19,21). The van der Waals surface area contributed by atoms with E-state index in [1.54, 1.807) is 0 Å². The summed E-state index contributed by atoms with van der Waals surface area (Å²) in [5.41, 5.74) is 1.41. The summed E-state index contributed by atoms with van der Waals surface area (Å²) in [4.78, 5) is 19.7. The number of rotatable bonds is 7. The van der Waals surface area contributed by atoms with Gasteiger partial charge < -0.3 is 15.4 Å². The average molecular weight is 289 g/mol. The van der Waals surface area contributed by atoms with Crippen molar-refractivity contribution in [3.05, 3.63) is 30.1 Å². The van der Waals surface area contributed by atoms with Crippen LogP contribution in [0.4, 0.5) is 0 Å². The van der Waals surface area contributed by atoms with Crippen LogP contribution in [0.2, 0.25) is 0 Å². The summed E-state index contributed by atoms with van der Waals surface area (Å²) >= 11 is 0.